The molecule has 3 nitrogen and oxygen atoms in total. The molecule has 0 aliphatic heterocycles. The second kappa shape index (κ2) is 4.72. The topological polar surface area (TPSA) is 66.5 Å². The molecule has 0 bridgehead atoms. The van der Waals surface area contributed by atoms with Gasteiger partial charge >= 0.3 is 0 Å². The molecular weight excluding hydrogens is 253 g/mol. The Hall–Kier alpha value is -0.650. The Bertz CT molecular complexity index is 333. The van der Waals surface area contributed by atoms with E-state index in [9.17, 15) is 14.6 Å². The summed E-state index contributed by atoms with van der Waals surface area (Å²) in [7, 11) is 0. The zero-order valence-electron chi connectivity index (χ0n) is 7.37. The van der Waals surface area contributed by atoms with E-state index in [2.05, 4.69) is 15.9 Å². The molecule has 4 N–H and O–H groups in total. The zero-order chi connectivity index (χ0) is 10.7. The van der Waals surface area contributed by atoms with E-state index in [4.69, 9.17) is 5.73 Å². The maximum atomic E-state index is 12.9. The Morgan fingerprint density at radius 3 is 2.71 bits per heavy atom. The van der Waals surface area contributed by atoms with Gasteiger partial charge in [-0.3, -0.25) is 0 Å². The van der Waals surface area contributed by atoms with Crippen molar-refractivity contribution in [3.63, 3.8) is 0 Å². The molecule has 0 radical (unpaired) electrons. The second-order valence-electron chi connectivity index (χ2n) is 2.88. The van der Waals surface area contributed by atoms with Crippen LogP contribution in [0.25, 0.3) is 0 Å². The van der Waals surface area contributed by atoms with Crippen molar-refractivity contribution in [3.8, 4) is 5.75 Å². The molecule has 0 fully saturated rings. The minimum atomic E-state index is -0.954. The molecule has 1 aromatic carbocycles. The fourth-order valence-corrected chi connectivity index (χ4v) is 1.76. The smallest absolute Gasteiger partial charge is 0.165 e. The first-order valence-corrected chi connectivity index (χ1v) is 4.92. The Morgan fingerprint density at radius 1 is 1.50 bits per heavy atom. The number of phenols is 1. The van der Waals surface area contributed by atoms with Gasteiger partial charge in [-0.05, 0) is 25.1 Å². The molecule has 0 spiro atoms. The molecule has 1 unspecified atom stereocenters. The number of aliphatic hydroxyl groups excluding tert-OH is 1. The molecule has 0 aromatic heterocycles. The van der Waals surface area contributed by atoms with Gasteiger partial charge in [0, 0.05) is 10.0 Å². The third kappa shape index (κ3) is 2.23. The standard InChI is InChI=1S/C9H11BrFNO2/c10-5-1-2-6(11)9(14)8(5)7(13)3-4-12/h1-2,7,13-14H,3-4,12H2. The van der Waals surface area contributed by atoms with E-state index in [1.807, 2.05) is 0 Å². The molecule has 0 saturated carbocycles. The summed E-state index contributed by atoms with van der Waals surface area (Å²) in [6.07, 6.45) is -0.680. The molecule has 0 amide bonds. The van der Waals surface area contributed by atoms with Gasteiger partial charge in [-0.25, -0.2) is 4.39 Å². The highest BCUT2D eigenvalue weighted by Gasteiger charge is 2.18. The summed E-state index contributed by atoms with van der Waals surface area (Å²) in [5, 5.41) is 18.9. The highest BCUT2D eigenvalue weighted by atomic mass is 79.9. The van der Waals surface area contributed by atoms with Gasteiger partial charge < -0.3 is 15.9 Å². The molecule has 1 atom stereocenters. The van der Waals surface area contributed by atoms with Crippen LogP contribution in [0.1, 0.15) is 18.1 Å². The van der Waals surface area contributed by atoms with Crippen molar-refractivity contribution in [1.82, 2.24) is 0 Å². The number of halogens is 2. The van der Waals surface area contributed by atoms with Gasteiger partial charge in [0.05, 0.1) is 6.10 Å². The maximum absolute atomic E-state index is 12.9. The lowest BCUT2D eigenvalue weighted by Gasteiger charge is -2.13. The lowest BCUT2D eigenvalue weighted by Crippen LogP contribution is -2.07. The number of nitrogens with two attached hydrogens (primary N) is 1. The molecule has 0 aliphatic carbocycles. The second-order valence-corrected chi connectivity index (χ2v) is 3.74. The number of aliphatic hydroxyl groups is 1. The van der Waals surface area contributed by atoms with E-state index in [-0.39, 0.29) is 18.5 Å². The summed E-state index contributed by atoms with van der Waals surface area (Å²) in [5.74, 6) is -1.28. The predicted octanol–water partition coefficient (Wildman–Crippen LogP) is 1.68. The van der Waals surface area contributed by atoms with Gasteiger partial charge in [0.15, 0.2) is 11.6 Å². The highest BCUT2D eigenvalue weighted by molar-refractivity contribution is 9.10. The van der Waals surface area contributed by atoms with E-state index in [0.29, 0.717) is 4.47 Å². The summed E-state index contributed by atoms with van der Waals surface area (Å²) in [6.45, 7) is 0.267. The third-order valence-electron chi connectivity index (χ3n) is 1.89. The molecule has 5 heteroatoms. The Kier molecular flexibility index (Phi) is 3.86. The van der Waals surface area contributed by atoms with Crippen molar-refractivity contribution in [2.45, 2.75) is 12.5 Å². The largest absolute Gasteiger partial charge is 0.505 e. The van der Waals surface area contributed by atoms with Gasteiger partial charge in [0.1, 0.15) is 0 Å². The monoisotopic (exact) mass is 263 g/mol. The lowest BCUT2D eigenvalue weighted by atomic mass is 10.1. The Labute approximate surface area is 89.5 Å². The quantitative estimate of drug-likeness (QED) is 0.778. The first kappa shape index (κ1) is 11.4. The van der Waals surface area contributed by atoms with Gasteiger partial charge in [-0.2, -0.15) is 0 Å². The molecule has 0 aliphatic rings. The summed E-state index contributed by atoms with van der Waals surface area (Å²) < 4.78 is 13.4. The van der Waals surface area contributed by atoms with Crippen molar-refractivity contribution >= 4 is 15.9 Å². The summed E-state index contributed by atoms with van der Waals surface area (Å²) in [5.41, 5.74) is 5.40. The first-order chi connectivity index (χ1) is 6.57. The number of aromatic hydroxyl groups is 1. The van der Waals surface area contributed by atoms with E-state index < -0.39 is 17.7 Å². The van der Waals surface area contributed by atoms with Gasteiger partial charge in [-0.1, -0.05) is 15.9 Å². The van der Waals surface area contributed by atoms with Crippen molar-refractivity contribution in [1.29, 1.82) is 0 Å². The van der Waals surface area contributed by atoms with Gasteiger partial charge in [0.2, 0.25) is 0 Å². The first-order valence-electron chi connectivity index (χ1n) is 4.13. The Morgan fingerprint density at radius 2 is 2.14 bits per heavy atom. The molecule has 14 heavy (non-hydrogen) atoms. The normalized spacial score (nSPS) is 12.9. The fourth-order valence-electron chi connectivity index (χ4n) is 1.18. The zero-order valence-corrected chi connectivity index (χ0v) is 8.96. The summed E-state index contributed by atoms with van der Waals surface area (Å²) >= 11 is 3.12. The van der Waals surface area contributed by atoms with Crippen molar-refractivity contribution in [3.05, 3.63) is 28.0 Å². The maximum Gasteiger partial charge on any atom is 0.165 e. The number of phenolic OH excluding ortho intramolecular Hbond substituents is 1. The van der Waals surface area contributed by atoms with Crippen LogP contribution < -0.4 is 5.73 Å². The number of hydrogen-bond donors (Lipinski definition) is 3. The van der Waals surface area contributed by atoms with E-state index in [1.54, 1.807) is 0 Å². The Balaban J connectivity index is 3.11. The molecule has 0 heterocycles. The third-order valence-corrected chi connectivity index (χ3v) is 2.58. The predicted molar refractivity (Wildman–Crippen MR) is 54.4 cm³/mol. The van der Waals surface area contributed by atoms with Crippen LogP contribution in [0.5, 0.6) is 5.75 Å². The molecule has 1 aromatic rings. The van der Waals surface area contributed by atoms with Crippen LogP contribution in [0.3, 0.4) is 0 Å². The van der Waals surface area contributed by atoms with Gasteiger partial charge in [0.25, 0.3) is 0 Å². The van der Waals surface area contributed by atoms with Crippen LogP contribution in [-0.2, 0) is 0 Å². The average Bonchev–Trinajstić information content (AvgIpc) is 2.13. The van der Waals surface area contributed by atoms with E-state index in [1.165, 1.54) is 6.07 Å². The van der Waals surface area contributed by atoms with Crippen molar-refractivity contribution < 1.29 is 14.6 Å². The van der Waals surface area contributed by atoms with Crippen LogP contribution in [0, 0.1) is 5.82 Å². The van der Waals surface area contributed by atoms with E-state index >= 15 is 0 Å². The van der Waals surface area contributed by atoms with Crippen LogP contribution in [0.4, 0.5) is 4.39 Å². The highest BCUT2D eigenvalue weighted by Crippen LogP contribution is 2.34. The fraction of sp³-hybridized carbons (Fsp3) is 0.333. The van der Waals surface area contributed by atoms with Crippen molar-refractivity contribution in [2.75, 3.05) is 6.54 Å². The molecular formula is C9H11BrFNO2. The number of hydrogen-bond acceptors (Lipinski definition) is 3. The number of benzene rings is 1. The minimum absolute atomic E-state index is 0.149. The van der Waals surface area contributed by atoms with E-state index in [0.717, 1.165) is 6.07 Å². The summed E-state index contributed by atoms with van der Waals surface area (Å²) in [4.78, 5) is 0. The van der Waals surface area contributed by atoms with Crippen LogP contribution in [0.2, 0.25) is 0 Å². The van der Waals surface area contributed by atoms with Crippen molar-refractivity contribution in [2.24, 2.45) is 5.73 Å². The molecule has 78 valence electrons. The average molecular weight is 264 g/mol. The van der Waals surface area contributed by atoms with Crippen LogP contribution in [0.15, 0.2) is 16.6 Å². The molecule has 0 saturated heterocycles. The summed E-state index contributed by atoms with van der Waals surface area (Å²) in [6, 6.07) is 2.56. The van der Waals surface area contributed by atoms with Crippen LogP contribution >= 0.6 is 15.9 Å². The SMILES string of the molecule is NCCC(O)c1c(Br)ccc(F)c1O. The number of rotatable bonds is 3. The lowest BCUT2D eigenvalue weighted by molar-refractivity contribution is 0.164. The minimum Gasteiger partial charge on any atom is -0.505 e. The van der Waals surface area contributed by atoms with Gasteiger partial charge in [-0.15, -0.1) is 0 Å². The molecule has 1 rings (SSSR count). The van der Waals surface area contributed by atoms with Crippen LogP contribution in [-0.4, -0.2) is 16.8 Å².